The van der Waals surface area contributed by atoms with Gasteiger partial charge in [-0.05, 0) is 31.9 Å². The number of hydrogen-bond acceptors (Lipinski definition) is 5. The smallest absolute Gasteiger partial charge is 0.318 e. The Kier molecular flexibility index (Phi) is 5.96. The third kappa shape index (κ3) is 4.15. The van der Waals surface area contributed by atoms with Crippen LogP contribution < -0.4 is 25.4 Å². The molecule has 0 spiro atoms. The molecule has 1 saturated heterocycles. The van der Waals surface area contributed by atoms with Crippen LogP contribution in [0.5, 0.6) is 11.5 Å². The van der Waals surface area contributed by atoms with Crippen LogP contribution in [-0.2, 0) is 9.59 Å². The fraction of sp³-hybridized carbons (Fsp3) is 0.571. The molecule has 3 atom stereocenters. The maximum Gasteiger partial charge on any atom is 0.318 e. The third-order valence-corrected chi connectivity index (χ3v) is 5.82. The van der Waals surface area contributed by atoms with Crippen LogP contribution in [0.25, 0.3) is 0 Å². The van der Waals surface area contributed by atoms with Gasteiger partial charge in [-0.15, -0.1) is 0 Å². The van der Waals surface area contributed by atoms with E-state index in [2.05, 4.69) is 16.0 Å². The average molecular weight is 416 g/mol. The number of nitrogens with zero attached hydrogens (tertiary/aromatic N) is 1. The summed E-state index contributed by atoms with van der Waals surface area (Å²) in [6, 6.07) is 3.90. The molecule has 4 rings (SSSR count). The fourth-order valence-electron chi connectivity index (χ4n) is 4.48. The first-order chi connectivity index (χ1) is 14.6. The molecule has 0 bridgehead atoms. The van der Waals surface area contributed by atoms with E-state index in [1.165, 1.54) is 0 Å². The number of carbonyl (C=O) groups excluding carboxylic acids is 3. The lowest BCUT2D eigenvalue weighted by Crippen LogP contribution is -2.69. The monoisotopic (exact) mass is 416 g/mol. The van der Waals surface area contributed by atoms with Gasteiger partial charge in [-0.3, -0.25) is 9.59 Å². The Bertz CT molecular complexity index is 830. The highest BCUT2D eigenvalue weighted by atomic mass is 16.6. The Morgan fingerprint density at radius 1 is 1.17 bits per heavy atom. The number of nitrogens with one attached hydrogen (secondary N) is 3. The number of piperazine rings is 1. The molecule has 4 amide bonds. The lowest BCUT2D eigenvalue weighted by atomic mass is 9.85. The topological polar surface area (TPSA) is 109 Å². The molecule has 0 aromatic heterocycles. The SMILES string of the molecule is CCNC(=O)N1[C@H](CC(=O)Nc2ccc3c(c2)OCCO3)C(=O)N[C@H]2CCCC[C@H]21. The zero-order valence-electron chi connectivity index (χ0n) is 17.1. The van der Waals surface area contributed by atoms with Gasteiger partial charge in [0.05, 0.1) is 12.5 Å². The highest BCUT2D eigenvalue weighted by Crippen LogP contribution is 2.33. The van der Waals surface area contributed by atoms with Crippen LogP contribution in [-0.4, -0.2) is 60.6 Å². The molecule has 1 aromatic rings. The summed E-state index contributed by atoms with van der Waals surface area (Å²) >= 11 is 0. The largest absolute Gasteiger partial charge is 0.486 e. The Morgan fingerprint density at radius 3 is 2.73 bits per heavy atom. The molecule has 2 aliphatic heterocycles. The number of anilines is 1. The summed E-state index contributed by atoms with van der Waals surface area (Å²) in [6.07, 6.45) is 3.59. The Hall–Kier alpha value is -2.97. The lowest BCUT2D eigenvalue weighted by Gasteiger charge is -2.47. The predicted molar refractivity (Wildman–Crippen MR) is 110 cm³/mol. The highest BCUT2D eigenvalue weighted by molar-refractivity contribution is 5.97. The molecule has 162 valence electrons. The van der Waals surface area contributed by atoms with Crippen molar-refractivity contribution in [2.45, 2.75) is 57.2 Å². The minimum Gasteiger partial charge on any atom is -0.486 e. The van der Waals surface area contributed by atoms with Crippen molar-refractivity contribution >= 4 is 23.5 Å². The van der Waals surface area contributed by atoms with Gasteiger partial charge in [0.2, 0.25) is 11.8 Å². The van der Waals surface area contributed by atoms with E-state index < -0.39 is 6.04 Å². The van der Waals surface area contributed by atoms with Crippen LogP contribution in [0.2, 0.25) is 0 Å². The van der Waals surface area contributed by atoms with Gasteiger partial charge in [-0.25, -0.2) is 4.79 Å². The number of carbonyl (C=O) groups is 3. The second-order valence-corrected chi connectivity index (χ2v) is 7.84. The highest BCUT2D eigenvalue weighted by Gasteiger charge is 2.45. The number of fused-ring (bicyclic) bond motifs is 2. The van der Waals surface area contributed by atoms with Gasteiger partial charge in [-0.1, -0.05) is 12.8 Å². The second-order valence-electron chi connectivity index (χ2n) is 7.84. The number of ether oxygens (including phenoxy) is 2. The normalized spacial score (nSPS) is 25.0. The van der Waals surface area contributed by atoms with Crippen molar-refractivity contribution in [3.63, 3.8) is 0 Å². The number of urea groups is 1. The Balaban J connectivity index is 1.48. The van der Waals surface area contributed by atoms with Gasteiger partial charge in [0, 0.05) is 24.3 Å². The van der Waals surface area contributed by atoms with Crippen LogP contribution in [0.3, 0.4) is 0 Å². The molecule has 1 aliphatic carbocycles. The summed E-state index contributed by atoms with van der Waals surface area (Å²) in [5, 5.41) is 8.64. The molecular formula is C21H28N4O5. The number of rotatable bonds is 4. The van der Waals surface area contributed by atoms with Gasteiger partial charge in [-0.2, -0.15) is 0 Å². The summed E-state index contributed by atoms with van der Waals surface area (Å²) < 4.78 is 11.0. The van der Waals surface area contributed by atoms with Crippen LogP contribution >= 0.6 is 0 Å². The molecule has 9 nitrogen and oxygen atoms in total. The maximum absolute atomic E-state index is 12.8. The molecule has 30 heavy (non-hydrogen) atoms. The molecule has 0 radical (unpaired) electrons. The summed E-state index contributed by atoms with van der Waals surface area (Å²) in [5.74, 6) is 0.595. The molecule has 0 unspecified atom stereocenters. The zero-order valence-corrected chi connectivity index (χ0v) is 17.1. The van der Waals surface area contributed by atoms with Crippen molar-refractivity contribution < 1.29 is 23.9 Å². The van der Waals surface area contributed by atoms with Crippen molar-refractivity contribution in [3.05, 3.63) is 18.2 Å². The first-order valence-corrected chi connectivity index (χ1v) is 10.6. The van der Waals surface area contributed by atoms with E-state index in [-0.39, 0.29) is 36.3 Å². The Labute approximate surface area is 175 Å². The molecule has 3 aliphatic rings. The van der Waals surface area contributed by atoms with E-state index in [9.17, 15) is 14.4 Å². The summed E-state index contributed by atoms with van der Waals surface area (Å²) in [4.78, 5) is 39.9. The quantitative estimate of drug-likeness (QED) is 0.691. The van der Waals surface area contributed by atoms with E-state index in [4.69, 9.17) is 9.47 Å². The summed E-state index contributed by atoms with van der Waals surface area (Å²) in [6.45, 7) is 3.25. The predicted octanol–water partition coefficient (Wildman–Crippen LogP) is 1.63. The van der Waals surface area contributed by atoms with E-state index in [1.807, 2.05) is 6.92 Å². The van der Waals surface area contributed by atoms with Gasteiger partial charge in [0.1, 0.15) is 19.3 Å². The van der Waals surface area contributed by atoms with Crippen molar-refractivity contribution in [2.75, 3.05) is 25.1 Å². The first kappa shape index (κ1) is 20.3. The number of amides is 4. The van der Waals surface area contributed by atoms with E-state index in [0.717, 1.165) is 25.7 Å². The summed E-state index contributed by atoms with van der Waals surface area (Å²) in [5.41, 5.74) is 0.556. The van der Waals surface area contributed by atoms with E-state index in [0.29, 0.717) is 36.9 Å². The van der Waals surface area contributed by atoms with Crippen molar-refractivity contribution in [3.8, 4) is 11.5 Å². The van der Waals surface area contributed by atoms with Gasteiger partial charge < -0.3 is 30.3 Å². The molecule has 9 heteroatoms. The first-order valence-electron chi connectivity index (χ1n) is 10.6. The molecule has 1 saturated carbocycles. The van der Waals surface area contributed by atoms with Crippen LogP contribution in [0.1, 0.15) is 39.0 Å². The number of benzene rings is 1. The minimum absolute atomic E-state index is 0.0500. The van der Waals surface area contributed by atoms with E-state index in [1.54, 1.807) is 23.1 Å². The van der Waals surface area contributed by atoms with Crippen molar-refractivity contribution in [2.24, 2.45) is 0 Å². The van der Waals surface area contributed by atoms with Gasteiger partial charge >= 0.3 is 6.03 Å². The third-order valence-electron chi connectivity index (χ3n) is 5.82. The van der Waals surface area contributed by atoms with Gasteiger partial charge in [0.25, 0.3) is 0 Å². The van der Waals surface area contributed by atoms with Crippen LogP contribution in [0.15, 0.2) is 18.2 Å². The lowest BCUT2D eigenvalue weighted by molar-refractivity contribution is -0.135. The molecular weight excluding hydrogens is 388 g/mol. The molecule has 1 aromatic carbocycles. The average Bonchev–Trinajstić information content (AvgIpc) is 2.74. The van der Waals surface area contributed by atoms with Crippen LogP contribution in [0, 0.1) is 0 Å². The van der Waals surface area contributed by atoms with Crippen molar-refractivity contribution in [1.29, 1.82) is 0 Å². The second kappa shape index (κ2) is 8.81. The fourth-order valence-corrected chi connectivity index (χ4v) is 4.48. The van der Waals surface area contributed by atoms with Crippen molar-refractivity contribution in [1.82, 2.24) is 15.5 Å². The zero-order chi connectivity index (χ0) is 21.1. The van der Waals surface area contributed by atoms with Gasteiger partial charge in [0.15, 0.2) is 11.5 Å². The number of hydrogen-bond donors (Lipinski definition) is 3. The maximum atomic E-state index is 12.8. The molecule has 2 fully saturated rings. The summed E-state index contributed by atoms with van der Waals surface area (Å²) in [7, 11) is 0. The molecule has 3 N–H and O–H groups in total. The standard InChI is InChI=1S/C21H28N4O5/c1-2-22-21(28)25-15-6-4-3-5-14(15)24-20(27)16(25)12-19(26)23-13-7-8-17-18(11-13)30-10-9-29-17/h7-8,11,14-16H,2-6,9-10,12H2,1H3,(H,22,28)(H,23,26)(H,24,27)/t14-,15+,16+/m0/s1. The van der Waals surface area contributed by atoms with Crippen LogP contribution in [0.4, 0.5) is 10.5 Å². The van der Waals surface area contributed by atoms with E-state index >= 15 is 0 Å². The molecule has 2 heterocycles. The minimum atomic E-state index is -0.840. The Morgan fingerprint density at radius 2 is 1.93 bits per heavy atom.